The van der Waals surface area contributed by atoms with E-state index in [2.05, 4.69) is 24.0 Å². The molecule has 1 aromatic heterocycles. The van der Waals surface area contributed by atoms with Gasteiger partial charge in [0, 0.05) is 51.7 Å². The number of piperidine rings is 1. The van der Waals surface area contributed by atoms with Crippen LogP contribution in [-0.2, 0) is 10.0 Å². The van der Waals surface area contributed by atoms with Gasteiger partial charge in [-0.1, -0.05) is 19.8 Å². The van der Waals surface area contributed by atoms with Crippen LogP contribution in [0.3, 0.4) is 0 Å². The minimum absolute atomic E-state index is 0.0520. The van der Waals surface area contributed by atoms with Gasteiger partial charge in [0.25, 0.3) is 0 Å². The standard InChI is InChI=1S/C20H32N4O3S/c1-2-3-4-17-28(26,27)24-15-13-23(14-16-24)20(25)22-11-7-19(8-12-22)18-5-9-21-10-6-18/h5-6,9-10,19H,2-4,7-8,11-17H2,1H3. The zero-order valence-electron chi connectivity index (χ0n) is 16.8. The van der Waals surface area contributed by atoms with Crippen LogP contribution in [0.2, 0.25) is 0 Å². The maximum absolute atomic E-state index is 12.8. The Morgan fingerprint density at radius 1 is 1.00 bits per heavy atom. The summed E-state index contributed by atoms with van der Waals surface area (Å²) in [5.74, 6) is 0.703. The Morgan fingerprint density at radius 2 is 1.61 bits per heavy atom. The number of carbonyl (C=O) groups is 1. The molecule has 2 amide bonds. The molecule has 0 N–H and O–H groups in total. The second-order valence-electron chi connectivity index (χ2n) is 7.73. The Kier molecular flexibility index (Phi) is 7.29. The molecule has 2 fully saturated rings. The third kappa shape index (κ3) is 5.23. The first kappa shape index (κ1) is 21.0. The van der Waals surface area contributed by atoms with Crippen LogP contribution >= 0.6 is 0 Å². The fraction of sp³-hybridized carbons (Fsp3) is 0.700. The van der Waals surface area contributed by atoms with Crippen molar-refractivity contribution in [2.24, 2.45) is 0 Å². The van der Waals surface area contributed by atoms with Crippen LogP contribution in [0, 0.1) is 0 Å². The van der Waals surface area contributed by atoms with Crippen LogP contribution in [-0.4, -0.2) is 78.6 Å². The summed E-state index contributed by atoms with van der Waals surface area (Å²) < 4.78 is 26.4. The van der Waals surface area contributed by atoms with Crippen molar-refractivity contribution >= 4 is 16.1 Å². The van der Waals surface area contributed by atoms with Gasteiger partial charge < -0.3 is 9.80 Å². The smallest absolute Gasteiger partial charge is 0.320 e. The topological polar surface area (TPSA) is 73.8 Å². The number of sulfonamides is 1. The molecule has 0 aliphatic carbocycles. The van der Waals surface area contributed by atoms with Crippen LogP contribution in [0.25, 0.3) is 0 Å². The molecule has 0 aromatic carbocycles. The molecular formula is C20H32N4O3S. The highest BCUT2D eigenvalue weighted by Crippen LogP contribution is 2.28. The highest BCUT2D eigenvalue weighted by Gasteiger charge is 2.32. The number of hydrogen-bond donors (Lipinski definition) is 0. The summed E-state index contributed by atoms with van der Waals surface area (Å²) in [6.45, 7) is 5.35. The predicted octanol–water partition coefficient (Wildman–Crippen LogP) is 2.52. The Bertz CT molecular complexity index is 725. The first-order valence-corrected chi connectivity index (χ1v) is 12.0. The van der Waals surface area contributed by atoms with E-state index in [0.29, 0.717) is 38.5 Å². The Morgan fingerprint density at radius 3 is 2.21 bits per heavy atom. The second kappa shape index (κ2) is 9.69. The van der Waals surface area contributed by atoms with Gasteiger partial charge in [0.1, 0.15) is 0 Å². The number of aromatic nitrogens is 1. The van der Waals surface area contributed by atoms with E-state index in [1.54, 1.807) is 4.31 Å². The summed E-state index contributed by atoms with van der Waals surface area (Å²) in [5.41, 5.74) is 1.30. The van der Waals surface area contributed by atoms with E-state index < -0.39 is 10.0 Å². The first-order valence-electron chi connectivity index (χ1n) is 10.4. The molecule has 1 aromatic rings. The van der Waals surface area contributed by atoms with Crippen LogP contribution in [0.1, 0.15) is 50.5 Å². The van der Waals surface area contributed by atoms with Crippen LogP contribution in [0.15, 0.2) is 24.5 Å². The maximum Gasteiger partial charge on any atom is 0.320 e. The molecular weight excluding hydrogens is 376 g/mol. The molecule has 2 saturated heterocycles. The number of urea groups is 1. The third-order valence-electron chi connectivity index (χ3n) is 5.85. The van der Waals surface area contributed by atoms with Crippen molar-refractivity contribution in [1.29, 1.82) is 0 Å². The number of unbranched alkanes of at least 4 members (excludes halogenated alkanes) is 2. The summed E-state index contributed by atoms with van der Waals surface area (Å²) in [6.07, 6.45) is 8.22. The fourth-order valence-corrected chi connectivity index (χ4v) is 5.61. The molecule has 28 heavy (non-hydrogen) atoms. The number of likely N-dealkylation sites (tertiary alicyclic amines) is 1. The second-order valence-corrected chi connectivity index (χ2v) is 9.82. The van der Waals surface area contributed by atoms with E-state index in [1.807, 2.05) is 22.2 Å². The lowest BCUT2D eigenvalue weighted by Gasteiger charge is -2.39. The third-order valence-corrected chi connectivity index (χ3v) is 7.81. The molecule has 7 nitrogen and oxygen atoms in total. The molecule has 3 rings (SSSR count). The molecule has 0 atom stereocenters. The number of rotatable bonds is 6. The van der Waals surface area contributed by atoms with Gasteiger partial charge in [-0.15, -0.1) is 0 Å². The van der Waals surface area contributed by atoms with E-state index in [-0.39, 0.29) is 11.8 Å². The van der Waals surface area contributed by atoms with Crippen molar-refractivity contribution < 1.29 is 13.2 Å². The summed E-state index contributed by atoms with van der Waals surface area (Å²) in [5, 5.41) is 0. The first-order chi connectivity index (χ1) is 13.5. The van der Waals surface area contributed by atoms with E-state index >= 15 is 0 Å². The van der Waals surface area contributed by atoms with Crippen molar-refractivity contribution in [3.63, 3.8) is 0 Å². The number of pyridine rings is 1. The van der Waals surface area contributed by atoms with Gasteiger partial charge >= 0.3 is 6.03 Å². The van der Waals surface area contributed by atoms with Crippen LogP contribution < -0.4 is 0 Å². The highest BCUT2D eigenvalue weighted by molar-refractivity contribution is 7.89. The monoisotopic (exact) mass is 408 g/mol. The van der Waals surface area contributed by atoms with Crippen LogP contribution in [0.5, 0.6) is 0 Å². The van der Waals surface area contributed by atoms with Gasteiger partial charge in [0.05, 0.1) is 5.75 Å². The van der Waals surface area contributed by atoms with Gasteiger partial charge in [-0.25, -0.2) is 13.2 Å². The van der Waals surface area contributed by atoms with E-state index in [1.165, 1.54) is 5.56 Å². The molecule has 8 heteroatoms. The van der Waals surface area contributed by atoms with Gasteiger partial charge in [-0.3, -0.25) is 4.98 Å². The van der Waals surface area contributed by atoms with E-state index in [4.69, 9.17) is 0 Å². The maximum atomic E-state index is 12.8. The summed E-state index contributed by atoms with van der Waals surface area (Å²) in [6, 6.07) is 4.17. The lowest BCUT2D eigenvalue weighted by molar-refractivity contribution is 0.124. The molecule has 2 aliphatic rings. The molecule has 0 saturated carbocycles. The van der Waals surface area contributed by atoms with Crippen molar-refractivity contribution in [3.05, 3.63) is 30.1 Å². The molecule has 0 spiro atoms. The molecule has 2 aliphatic heterocycles. The largest absolute Gasteiger partial charge is 0.325 e. The molecule has 0 unspecified atom stereocenters. The number of amides is 2. The normalized spacial score (nSPS) is 19.8. The fourth-order valence-electron chi connectivity index (χ4n) is 4.06. The average molecular weight is 409 g/mol. The quantitative estimate of drug-likeness (QED) is 0.678. The van der Waals surface area contributed by atoms with Gasteiger partial charge in [0.15, 0.2) is 0 Å². The zero-order chi connectivity index (χ0) is 20.0. The highest BCUT2D eigenvalue weighted by atomic mass is 32.2. The van der Waals surface area contributed by atoms with Gasteiger partial charge in [-0.05, 0) is 42.9 Å². The predicted molar refractivity (Wildman–Crippen MR) is 110 cm³/mol. The summed E-state index contributed by atoms with van der Waals surface area (Å²) in [4.78, 5) is 20.6. The van der Waals surface area contributed by atoms with Crippen molar-refractivity contribution in [2.75, 3.05) is 45.0 Å². The lowest BCUT2D eigenvalue weighted by atomic mass is 9.90. The summed E-state index contributed by atoms with van der Waals surface area (Å²) >= 11 is 0. The summed E-state index contributed by atoms with van der Waals surface area (Å²) in [7, 11) is -3.19. The molecule has 3 heterocycles. The van der Waals surface area contributed by atoms with Gasteiger partial charge in [-0.2, -0.15) is 4.31 Å². The van der Waals surface area contributed by atoms with Crippen molar-refractivity contribution in [2.45, 2.75) is 44.9 Å². The Hall–Kier alpha value is -1.67. The van der Waals surface area contributed by atoms with E-state index in [0.717, 1.165) is 38.8 Å². The van der Waals surface area contributed by atoms with Crippen molar-refractivity contribution in [1.82, 2.24) is 19.1 Å². The van der Waals surface area contributed by atoms with Crippen LogP contribution in [0.4, 0.5) is 4.79 Å². The average Bonchev–Trinajstić information content (AvgIpc) is 2.74. The number of carbonyl (C=O) groups excluding carboxylic acids is 1. The molecule has 0 bridgehead atoms. The Labute approximate surface area is 168 Å². The van der Waals surface area contributed by atoms with Crippen molar-refractivity contribution in [3.8, 4) is 0 Å². The SMILES string of the molecule is CCCCCS(=O)(=O)N1CCN(C(=O)N2CCC(c3ccncc3)CC2)CC1. The van der Waals surface area contributed by atoms with Gasteiger partial charge in [0.2, 0.25) is 10.0 Å². The lowest BCUT2D eigenvalue weighted by Crippen LogP contribution is -2.55. The molecule has 156 valence electrons. The minimum atomic E-state index is -3.19. The zero-order valence-corrected chi connectivity index (χ0v) is 17.6. The number of hydrogen-bond acceptors (Lipinski definition) is 4. The Balaban J connectivity index is 1.45. The number of nitrogens with zero attached hydrogens (tertiary/aromatic N) is 4. The minimum Gasteiger partial charge on any atom is -0.325 e. The molecule has 0 radical (unpaired) electrons. The van der Waals surface area contributed by atoms with E-state index in [9.17, 15) is 13.2 Å². The number of piperazine rings is 1.